The Morgan fingerprint density at radius 3 is 2.76 bits per heavy atom. The van der Waals surface area contributed by atoms with Crippen molar-refractivity contribution in [1.29, 1.82) is 0 Å². The fourth-order valence-corrected chi connectivity index (χ4v) is 3.13. The number of hydrogen-bond donors (Lipinski definition) is 2. The average Bonchev–Trinajstić information content (AvgIpc) is 2.68. The van der Waals surface area contributed by atoms with Gasteiger partial charge in [0.25, 0.3) is 5.91 Å². The number of phenolic OH excluding ortho intramolecular Hbond substituents is 1. The van der Waals surface area contributed by atoms with Crippen LogP contribution in [0.25, 0.3) is 6.08 Å². The molecule has 0 spiro atoms. The summed E-state index contributed by atoms with van der Waals surface area (Å²) in [4.78, 5) is 24.6. The van der Waals surface area contributed by atoms with Crippen molar-refractivity contribution in [3.8, 4) is 5.75 Å². The van der Waals surface area contributed by atoms with Gasteiger partial charge in [-0.1, -0.05) is 42.2 Å². The van der Waals surface area contributed by atoms with Crippen LogP contribution >= 0.6 is 24.0 Å². The van der Waals surface area contributed by atoms with Crippen LogP contribution in [0.1, 0.15) is 18.4 Å². The number of carbonyl (C=O) groups excluding carboxylic acids is 1. The second-order valence-electron chi connectivity index (χ2n) is 4.39. The lowest BCUT2D eigenvalue weighted by Crippen LogP contribution is -2.29. The Labute approximate surface area is 131 Å². The van der Waals surface area contributed by atoms with E-state index in [1.807, 2.05) is 0 Å². The van der Waals surface area contributed by atoms with Gasteiger partial charge in [-0.2, -0.15) is 0 Å². The van der Waals surface area contributed by atoms with Crippen LogP contribution in [0.3, 0.4) is 0 Å². The Hall–Kier alpha value is -1.86. The highest BCUT2D eigenvalue weighted by Gasteiger charge is 2.31. The van der Waals surface area contributed by atoms with Crippen molar-refractivity contribution >= 4 is 46.3 Å². The molecule has 0 atom stereocenters. The van der Waals surface area contributed by atoms with Gasteiger partial charge in [-0.05, 0) is 18.6 Å². The van der Waals surface area contributed by atoms with Crippen LogP contribution in [0.15, 0.2) is 29.2 Å². The maximum atomic E-state index is 12.2. The van der Waals surface area contributed by atoms with Gasteiger partial charge in [-0.3, -0.25) is 14.5 Å². The fraction of sp³-hybridized carbons (Fsp3) is 0.214. The average molecular weight is 323 g/mol. The molecule has 0 aromatic heterocycles. The van der Waals surface area contributed by atoms with E-state index >= 15 is 0 Å². The van der Waals surface area contributed by atoms with E-state index in [2.05, 4.69) is 0 Å². The normalized spacial score (nSPS) is 16.8. The maximum absolute atomic E-state index is 12.2. The lowest BCUT2D eigenvalue weighted by molar-refractivity contribution is -0.137. The van der Waals surface area contributed by atoms with Gasteiger partial charge in [0, 0.05) is 18.5 Å². The number of amides is 1. The number of carboxylic acid groups (broad SMARTS) is 1. The van der Waals surface area contributed by atoms with Crippen LogP contribution in [-0.4, -0.2) is 37.9 Å². The molecule has 0 saturated carbocycles. The van der Waals surface area contributed by atoms with Crippen molar-refractivity contribution in [1.82, 2.24) is 4.90 Å². The number of thiocarbonyl (C=S) groups is 1. The number of carboxylic acids is 1. The highest BCUT2D eigenvalue weighted by atomic mass is 32.2. The monoisotopic (exact) mass is 323 g/mol. The first-order chi connectivity index (χ1) is 9.99. The number of carbonyl (C=O) groups is 2. The van der Waals surface area contributed by atoms with Crippen molar-refractivity contribution in [2.24, 2.45) is 0 Å². The number of benzene rings is 1. The zero-order valence-electron chi connectivity index (χ0n) is 11.0. The van der Waals surface area contributed by atoms with E-state index in [9.17, 15) is 14.7 Å². The molecule has 2 N–H and O–H groups in total. The molecular weight excluding hydrogens is 310 g/mol. The third-order valence-electron chi connectivity index (χ3n) is 2.87. The molecule has 0 radical (unpaired) electrons. The first kappa shape index (κ1) is 15.5. The minimum atomic E-state index is -0.898. The molecule has 1 aromatic rings. The quantitative estimate of drug-likeness (QED) is 0.640. The third kappa shape index (κ3) is 3.83. The molecule has 1 amide bonds. The van der Waals surface area contributed by atoms with Gasteiger partial charge < -0.3 is 10.2 Å². The number of para-hydroxylation sites is 1. The summed E-state index contributed by atoms with van der Waals surface area (Å²) >= 11 is 6.29. The van der Waals surface area contributed by atoms with E-state index in [0.717, 1.165) is 11.8 Å². The van der Waals surface area contributed by atoms with Crippen LogP contribution < -0.4 is 0 Å². The van der Waals surface area contributed by atoms with Gasteiger partial charge in [0.1, 0.15) is 10.1 Å². The largest absolute Gasteiger partial charge is 0.507 e. The fourth-order valence-electron chi connectivity index (χ4n) is 1.83. The highest BCUT2D eigenvalue weighted by Crippen LogP contribution is 2.34. The van der Waals surface area contributed by atoms with Crippen molar-refractivity contribution in [3.05, 3.63) is 34.7 Å². The predicted octanol–water partition coefficient (Wildman–Crippen LogP) is 2.46. The summed E-state index contributed by atoms with van der Waals surface area (Å²) in [5, 5.41) is 18.3. The number of thioether (sulfide) groups is 1. The standard InChI is InChI=1S/C14H13NO4S2/c16-10-5-2-1-4-9(10)8-11-13(19)15(14(20)21-11)7-3-6-12(17)18/h1-2,4-5,8,16H,3,6-7H2,(H,17,18). The summed E-state index contributed by atoms with van der Waals surface area (Å²) < 4.78 is 0.409. The Morgan fingerprint density at radius 2 is 2.10 bits per heavy atom. The molecule has 1 saturated heterocycles. The lowest BCUT2D eigenvalue weighted by atomic mass is 10.2. The molecule has 1 aliphatic rings. The van der Waals surface area contributed by atoms with Crippen LogP contribution in [0.2, 0.25) is 0 Å². The summed E-state index contributed by atoms with van der Waals surface area (Å²) in [6.07, 6.45) is 1.94. The van der Waals surface area contributed by atoms with Crippen molar-refractivity contribution in [2.45, 2.75) is 12.8 Å². The minimum Gasteiger partial charge on any atom is -0.507 e. The zero-order valence-corrected chi connectivity index (χ0v) is 12.6. The number of phenols is 1. The lowest BCUT2D eigenvalue weighted by Gasteiger charge is -2.13. The summed E-state index contributed by atoms with van der Waals surface area (Å²) in [6, 6.07) is 6.70. The number of aliphatic carboxylic acids is 1. The summed E-state index contributed by atoms with van der Waals surface area (Å²) in [5.41, 5.74) is 0.545. The van der Waals surface area contributed by atoms with Gasteiger partial charge in [0.2, 0.25) is 0 Å². The van der Waals surface area contributed by atoms with Crippen molar-refractivity contribution < 1.29 is 19.8 Å². The Kier molecular flexibility index (Phi) is 4.98. The number of hydrogen-bond acceptors (Lipinski definition) is 5. The Bertz CT molecular complexity index is 627. The van der Waals surface area contributed by atoms with Gasteiger partial charge in [-0.25, -0.2) is 0 Å². The molecule has 1 aliphatic heterocycles. The van der Waals surface area contributed by atoms with E-state index in [1.165, 1.54) is 4.90 Å². The second kappa shape index (κ2) is 6.73. The van der Waals surface area contributed by atoms with Crippen LogP contribution in [0.4, 0.5) is 0 Å². The topological polar surface area (TPSA) is 77.8 Å². The van der Waals surface area contributed by atoms with Crippen molar-refractivity contribution in [2.75, 3.05) is 6.54 Å². The molecule has 2 rings (SSSR count). The highest BCUT2D eigenvalue weighted by molar-refractivity contribution is 8.26. The number of nitrogens with zero attached hydrogens (tertiary/aromatic N) is 1. The Morgan fingerprint density at radius 1 is 1.38 bits per heavy atom. The van der Waals surface area contributed by atoms with Crippen molar-refractivity contribution in [3.63, 3.8) is 0 Å². The summed E-state index contributed by atoms with van der Waals surface area (Å²) in [5.74, 6) is -1.06. The minimum absolute atomic E-state index is 0.00438. The predicted molar refractivity (Wildman–Crippen MR) is 84.9 cm³/mol. The van der Waals surface area contributed by atoms with E-state index in [0.29, 0.717) is 21.2 Å². The van der Waals surface area contributed by atoms with Crippen LogP contribution in [-0.2, 0) is 9.59 Å². The van der Waals surface area contributed by atoms with Gasteiger partial charge in [-0.15, -0.1) is 0 Å². The summed E-state index contributed by atoms with van der Waals surface area (Å²) in [7, 11) is 0. The first-order valence-electron chi connectivity index (χ1n) is 6.24. The molecule has 0 unspecified atom stereocenters. The molecule has 7 heteroatoms. The van der Waals surface area contributed by atoms with Gasteiger partial charge in [0.15, 0.2) is 0 Å². The first-order valence-corrected chi connectivity index (χ1v) is 7.46. The number of aromatic hydroxyl groups is 1. The molecule has 0 aliphatic carbocycles. The molecular formula is C14H13NO4S2. The molecule has 1 aromatic carbocycles. The van der Waals surface area contributed by atoms with E-state index in [-0.39, 0.29) is 24.6 Å². The smallest absolute Gasteiger partial charge is 0.303 e. The molecule has 1 heterocycles. The van der Waals surface area contributed by atoms with Crippen LogP contribution in [0, 0.1) is 0 Å². The van der Waals surface area contributed by atoms with E-state index in [4.69, 9.17) is 17.3 Å². The molecule has 5 nitrogen and oxygen atoms in total. The Balaban J connectivity index is 2.11. The third-order valence-corrected chi connectivity index (χ3v) is 4.25. The molecule has 1 fully saturated rings. The summed E-state index contributed by atoms with van der Waals surface area (Å²) in [6.45, 7) is 0.287. The maximum Gasteiger partial charge on any atom is 0.303 e. The zero-order chi connectivity index (χ0) is 15.4. The van der Waals surface area contributed by atoms with E-state index < -0.39 is 5.97 Å². The van der Waals surface area contributed by atoms with Gasteiger partial charge in [0.05, 0.1) is 4.91 Å². The van der Waals surface area contributed by atoms with Gasteiger partial charge >= 0.3 is 5.97 Å². The SMILES string of the molecule is O=C(O)CCCN1C(=O)C(=Cc2ccccc2O)SC1=S. The molecule has 0 bridgehead atoms. The molecule has 110 valence electrons. The second-order valence-corrected chi connectivity index (χ2v) is 6.07. The number of rotatable bonds is 5. The van der Waals surface area contributed by atoms with E-state index in [1.54, 1.807) is 30.3 Å². The van der Waals surface area contributed by atoms with Crippen LogP contribution in [0.5, 0.6) is 5.75 Å². The molecule has 21 heavy (non-hydrogen) atoms.